The molecule has 25 heavy (non-hydrogen) atoms. The lowest BCUT2D eigenvalue weighted by Crippen LogP contribution is -2.12. The fraction of sp³-hybridized carbons (Fsp3) is 0. The first-order valence-corrected chi connectivity index (χ1v) is 9.33. The number of carbonyl (C=O) groups excluding carboxylic acids is 1. The van der Waals surface area contributed by atoms with Crippen LogP contribution in [0.1, 0.15) is 10.4 Å². The lowest BCUT2D eigenvalue weighted by Gasteiger charge is -2.09. The molecule has 5 heteroatoms. The number of rotatable bonds is 3. The Balaban J connectivity index is 1.69. The zero-order valence-corrected chi connectivity index (χ0v) is 15.5. The van der Waals surface area contributed by atoms with Gasteiger partial charge in [0.2, 0.25) is 0 Å². The van der Waals surface area contributed by atoms with E-state index in [0.29, 0.717) is 5.56 Å². The second-order valence-corrected chi connectivity index (χ2v) is 7.44. The average Bonchev–Trinajstić information content (AvgIpc) is 3.06. The van der Waals surface area contributed by atoms with E-state index in [2.05, 4.69) is 27.3 Å². The highest BCUT2D eigenvalue weighted by molar-refractivity contribution is 9.10. The predicted octanol–water partition coefficient (Wildman–Crippen LogP) is 5.98. The van der Waals surface area contributed by atoms with Crippen LogP contribution in [0, 0.1) is 0 Å². The molecule has 3 aromatic carbocycles. The molecule has 0 fully saturated rings. The number of carbonyl (C=O) groups is 1. The zero-order valence-electron chi connectivity index (χ0n) is 13.1. The summed E-state index contributed by atoms with van der Waals surface area (Å²) < 4.78 is 2.07. The Bertz CT molecular complexity index is 1020. The van der Waals surface area contributed by atoms with Crippen molar-refractivity contribution in [2.75, 3.05) is 5.32 Å². The number of hydrogen-bond donors (Lipinski definition) is 1. The maximum Gasteiger partial charge on any atom is 0.255 e. The molecule has 0 unspecified atom stereocenters. The van der Waals surface area contributed by atoms with Crippen molar-refractivity contribution in [2.24, 2.45) is 0 Å². The molecule has 4 rings (SSSR count). The van der Waals surface area contributed by atoms with Crippen LogP contribution in [0.4, 0.5) is 5.69 Å². The number of halogens is 1. The molecule has 0 bridgehead atoms. The van der Waals surface area contributed by atoms with E-state index < -0.39 is 0 Å². The minimum absolute atomic E-state index is 0.138. The molecule has 1 N–H and O–H groups in total. The lowest BCUT2D eigenvalue weighted by atomic mass is 10.1. The standard InChI is InChI=1S/C20H13BrN2OS/c21-14-11-9-13(10-12-14)19(24)22-16-6-2-1-5-15(16)20-23-17-7-3-4-8-18(17)25-20/h1-12H,(H,22,24). The smallest absolute Gasteiger partial charge is 0.255 e. The molecule has 0 aliphatic carbocycles. The third-order valence-electron chi connectivity index (χ3n) is 3.81. The van der Waals surface area contributed by atoms with Crippen molar-refractivity contribution in [3.05, 3.63) is 82.8 Å². The van der Waals surface area contributed by atoms with Gasteiger partial charge in [-0.1, -0.05) is 40.2 Å². The Morgan fingerprint density at radius 2 is 1.64 bits per heavy atom. The molecule has 0 aliphatic rings. The first-order valence-electron chi connectivity index (χ1n) is 7.72. The molecule has 0 radical (unpaired) electrons. The Morgan fingerprint density at radius 3 is 2.44 bits per heavy atom. The van der Waals surface area contributed by atoms with Crippen LogP contribution in [0.5, 0.6) is 0 Å². The van der Waals surface area contributed by atoms with Gasteiger partial charge in [-0.15, -0.1) is 11.3 Å². The topological polar surface area (TPSA) is 42.0 Å². The molecule has 0 saturated carbocycles. The highest BCUT2D eigenvalue weighted by Crippen LogP contribution is 2.34. The Labute approximate surface area is 157 Å². The van der Waals surface area contributed by atoms with Crippen LogP contribution in [0.2, 0.25) is 0 Å². The molecule has 0 aliphatic heterocycles. The molecule has 4 aromatic rings. The lowest BCUT2D eigenvalue weighted by molar-refractivity contribution is 0.102. The van der Waals surface area contributed by atoms with E-state index in [4.69, 9.17) is 4.98 Å². The van der Waals surface area contributed by atoms with E-state index in [1.807, 2.05) is 54.6 Å². The first kappa shape index (κ1) is 16.0. The second kappa shape index (κ2) is 6.78. The Kier molecular flexibility index (Phi) is 4.34. The summed E-state index contributed by atoms with van der Waals surface area (Å²) in [5.41, 5.74) is 3.27. The first-order chi connectivity index (χ1) is 12.2. The number of thiazole rings is 1. The van der Waals surface area contributed by atoms with Crippen molar-refractivity contribution in [3.63, 3.8) is 0 Å². The molecule has 1 amide bonds. The summed E-state index contributed by atoms with van der Waals surface area (Å²) in [5, 5.41) is 3.90. The minimum atomic E-state index is -0.138. The van der Waals surface area contributed by atoms with Crippen molar-refractivity contribution in [3.8, 4) is 10.6 Å². The van der Waals surface area contributed by atoms with Crippen LogP contribution in [-0.4, -0.2) is 10.9 Å². The fourth-order valence-electron chi connectivity index (χ4n) is 2.56. The Morgan fingerprint density at radius 1 is 0.920 bits per heavy atom. The maximum atomic E-state index is 12.5. The number of para-hydroxylation sites is 2. The molecule has 122 valence electrons. The number of amides is 1. The van der Waals surface area contributed by atoms with Gasteiger partial charge in [0.25, 0.3) is 5.91 Å². The number of nitrogens with one attached hydrogen (secondary N) is 1. The Hall–Kier alpha value is -2.50. The summed E-state index contributed by atoms with van der Waals surface area (Å²) in [6.07, 6.45) is 0. The summed E-state index contributed by atoms with van der Waals surface area (Å²) in [6.45, 7) is 0. The number of fused-ring (bicyclic) bond motifs is 1. The minimum Gasteiger partial charge on any atom is -0.321 e. The molecule has 1 heterocycles. The fourth-order valence-corrected chi connectivity index (χ4v) is 3.83. The molecule has 3 nitrogen and oxygen atoms in total. The molecular formula is C20H13BrN2OS. The van der Waals surface area contributed by atoms with Gasteiger partial charge in [-0.3, -0.25) is 4.79 Å². The molecular weight excluding hydrogens is 396 g/mol. The van der Waals surface area contributed by atoms with E-state index in [0.717, 1.165) is 30.9 Å². The van der Waals surface area contributed by atoms with Gasteiger partial charge in [0.1, 0.15) is 5.01 Å². The average molecular weight is 409 g/mol. The largest absolute Gasteiger partial charge is 0.321 e. The third kappa shape index (κ3) is 3.34. The molecule has 0 atom stereocenters. The quantitative estimate of drug-likeness (QED) is 0.453. The summed E-state index contributed by atoms with van der Waals surface area (Å²) in [4.78, 5) is 17.2. The van der Waals surface area contributed by atoms with Crippen molar-refractivity contribution >= 4 is 49.1 Å². The van der Waals surface area contributed by atoms with Crippen molar-refractivity contribution in [1.29, 1.82) is 0 Å². The monoisotopic (exact) mass is 408 g/mol. The van der Waals surface area contributed by atoms with Crippen LogP contribution in [0.25, 0.3) is 20.8 Å². The summed E-state index contributed by atoms with van der Waals surface area (Å²) in [7, 11) is 0. The van der Waals surface area contributed by atoms with E-state index in [1.165, 1.54) is 0 Å². The van der Waals surface area contributed by atoms with Crippen molar-refractivity contribution in [2.45, 2.75) is 0 Å². The molecule has 0 spiro atoms. The van der Waals surface area contributed by atoms with Crippen molar-refractivity contribution < 1.29 is 4.79 Å². The van der Waals surface area contributed by atoms with Crippen LogP contribution >= 0.6 is 27.3 Å². The molecule has 1 aromatic heterocycles. The number of anilines is 1. The van der Waals surface area contributed by atoms with Crippen LogP contribution in [0.15, 0.2) is 77.3 Å². The van der Waals surface area contributed by atoms with Crippen LogP contribution in [-0.2, 0) is 0 Å². The van der Waals surface area contributed by atoms with Crippen LogP contribution < -0.4 is 5.32 Å². The van der Waals surface area contributed by atoms with Gasteiger partial charge in [-0.05, 0) is 48.5 Å². The number of benzene rings is 3. The number of nitrogens with zero attached hydrogens (tertiary/aromatic N) is 1. The van der Waals surface area contributed by atoms with Gasteiger partial charge in [0.15, 0.2) is 0 Å². The normalized spacial score (nSPS) is 10.8. The number of aromatic nitrogens is 1. The van der Waals surface area contributed by atoms with Gasteiger partial charge in [-0.25, -0.2) is 4.98 Å². The summed E-state index contributed by atoms with van der Waals surface area (Å²) in [5.74, 6) is -0.138. The van der Waals surface area contributed by atoms with E-state index >= 15 is 0 Å². The van der Waals surface area contributed by atoms with Gasteiger partial charge >= 0.3 is 0 Å². The van der Waals surface area contributed by atoms with Gasteiger partial charge in [0, 0.05) is 15.6 Å². The van der Waals surface area contributed by atoms with Crippen LogP contribution in [0.3, 0.4) is 0 Å². The van der Waals surface area contributed by atoms with E-state index in [-0.39, 0.29) is 5.91 Å². The summed E-state index contributed by atoms with van der Waals surface area (Å²) in [6, 6.07) is 23.1. The van der Waals surface area contributed by atoms with Crippen molar-refractivity contribution in [1.82, 2.24) is 4.98 Å². The zero-order chi connectivity index (χ0) is 17.2. The van der Waals surface area contributed by atoms with Gasteiger partial charge in [-0.2, -0.15) is 0 Å². The van der Waals surface area contributed by atoms with E-state index in [9.17, 15) is 4.79 Å². The maximum absolute atomic E-state index is 12.5. The number of hydrogen-bond acceptors (Lipinski definition) is 3. The van der Waals surface area contributed by atoms with E-state index in [1.54, 1.807) is 23.5 Å². The predicted molar refractivity (Wildman–Crippen MR) is 107 cm³/mol. The van der Waals surface area contributed by atoms with Gasteiger partial charge in [0.05, 0.1) is 15.9 Å². The second-order valence-electron chi connectivity index (χ2n) is 5.49. The highest BCUT2D eigenvalue weighted by atomic mass is 79.9. The molecule has 0 saturated heterocycles. The summed E-state index contributed by atoms with van der Waals surface area (Å²) >= 11 is 5.00. The SMILES string of the molecule is O=C(Nc1ccccc1-c1nc2ccccc2s1)c1ccc(Br)cc1. The van der Waals surface area contributed by atoms with Gasteiger partial charge < -0.3 is 5.32 Å². The highest BCUT2D eigenvalue weighted by Gasteiger charge is 2.13. The third-order valence-corrected chi connectivity index (χ3v) is 5.40.